The lowest BCUT2D eigenvalue weighted by Crippen LogP contribution is -2.48. The molecule has 2 aliphatic rings. The van der Waals surface area contributed by atoms with Gasteiger partial charge >= 0.3 is 0 Å². The molecule has 5 rings (SSSR count). The highest BCUT2D eigenvalue weighted by Crippen LogP contribution is 2.39. The number of hydrogen-bond acceptors (Lipinski definition) is 6. The molecule has 0 bridgehead atoms. The standard InChI is InChI=1S/C28H28ClN3O5S/c1-18-5-2-3-7-21(18)27-23-11-14-38-25(23)10-12-31(27)26(33)17-30(16-20-6-4-13-37-20)28(34)22-9-8-19(32(35)36)15-24(22)29/h2-3,5,7-9,11,14-15,20,27H,4,6,10,12-13,16-17H2,1H3. The van der Waals surface area contributed by atoms with Gasteiger partial charge in [-0.15, -0.1) is 11.3 Å². The number of nitro groups is 1. The molecule has 1 aromatic heterocycles. The molecule has 2 atom stereocenters. The minimum absolute atomic E-state index is 0.0207. The number of halogens is 1. The van der Waals surface area contributed by atoms with Crippen molar-refractivity contribution in [2.45, 2.75) is 38.3 Å². The molecule has 8 nitrogen and oxygen atoms in total. The molecule has 0 radical (unpaired) electrons. The third kappa shape index (κ3) is 5.32. The van der Waals surface area contributed by atoms with E-state index in [2.05, 4.69) is 17.5 Å². The Balaban J connectivity index is 1.45. The van der Waals surface area contributed by atoms with Crippen LogP contribution in [0.2, 0.25) is 5.02 Å². The Hall–Kier alpha value is -3.27. The summed E-state index contributed by atoms with van der Waals surface area (Å²) >= 11 is 8.01. The molecule has 3 heterocycles. The van der Waals surface area contributed by atoms with Gasteiger partial charge in [-0.1, -0.05) is 35.9 Å². The topological polar surface area (TPSA) is 93.0 Å². The zero-order valence-corrected chi connectivity index (χ0v) is 22.5. The number of aryl methyl sites for hydroxylation is 1. The second kappa shape index (κ2) is 11.2. The minimum atomic E-state index is -0.561. The third-order valence-corrected chi connectivity index (χ3v) is 8.53. The van der Waals surface area contributed by atoms with E-state index in [1.807, 2.05) is 30.0 Å². The number of nitrogens with zero attached hydrogens (tertiary/aromatic N) is 3. The van der Waals surface area contributed by atoms with Crippen LogP contribution in [0, 0.1) is 17.0 Å². The highest BCUT2D eigenvalue weighted by atomic mass is 35.5. The van der Waals surface area contributed by atoms with Crippen molar-refractivity contribution < 1.29 is 19.2 Å². The normalized spacial score (nSPS) is 18.7. The summed E-state index contributed by atoms with van der Waals surface area (Å²) in [6.07, 6.45) is 2.26. The van der Waals surface area contributed by atoms with E-state index in [1.165, 1.54) is 21.9 Å². The molecule has 1 saturated heterocycles. The van der Waals surface area contributed by atoms with Crippen LogP contribution in [0.5, 0.6) is 0 Å². The highest BCUT2D eigenvalue weighted by Gasteiger charge is 2.35. The molecular weight excluding hydrogens is 526 g/mol. The third-order valence-electron chi connectivity index (χ3n) is 7.22. The number of benzene rings is 2. The molecule has 2 aromatic carbocycles. The predicted octanol–water partition coefficient (Wildman–Crippen LogP) is 5.41. The fraction of sp³-hybridized carbons (Fsp3) is 0.357. The van der Waals surface area contributed by atoms with Gasteiger partial charge in [0.2, 0.25) is 5.91 Å². The molecule has 2 aliphatic heterocycles. The average Bonchev–Trinajstić information content (AvgIpc) is 3.60. The maximum absolute atomic E-state index is 13.9. The first-order chi connectivity index (χ1) is 18.3. The average molecular weight is 554 g/mol. The summed E-state index contributed by atoms with van der Waals surface area (Å²) in [5, 5.41) is 13.2. The summed E-state index contributed by atoms with van der Waals surface area (Å²) in [6.45, 7) is 3.30. The van der Waals surface area contributed by atoms with Crippen molar-refractivity contribution in [2.75, 3.05) is 26.2 Å². The Labute approximate surface area is 229 Å². The van der Waals surface area contributed by atoms with Crippen molar-refractivity contribution in [1.29, 1.82) is 0 Å². The Morgan fingerprint density at radius 1 is 1.21 bits per heavy atom. The van der Waals surface area contributed by atoms with Crippen molar-refractivity contribution in [3.05, 3.63) is 96.2 Å². The number of ether oxygens (including phenoxy) is 1. The molecule has 2 amide bonds. The maximum Gasteiger partial charge on any atom is 0.270 e. The van der Waals surface area contributed by atoms with Crippen LogP contribution >= 0.6 is 22.9 Å². The summed E-state index contributed by atoms with van der Waals surface area (Å²) in [6, 6.07) is 13.7. The van der Waals surface area contributed by atoms with Gasteiger partial charge in [0.15, 0.2) is 0 Å². The molecule has 10 heteroatoms. The van der Waals surface area contributed by atoms with Crippen LogP contribution in [-0.2, 0) is 16.0 Å². The number of non-ortho nitro benzene ring substituents is 1. The van der Waals surface area contributed by atoms with E-state index in [0.29, 0.717) is 13.2 Å². The smallest absolute Gasteiger partial charge is 0.270 e. The van der Waals surface area contributed by atoms with E-state index in [0.717, 1.165) is 42.0 Å². The molecule has 2 unspecified atom stereocenters. The number of amides is 2. The van der Waals surface area contributed by atoms with Crippen molar-refractivity contribution >= 4 is 40.4 Å². The number of carbonyl (C=O) groups is 2. The monoisotopic (exact) mass is 553 g/mol. The fourth-order valence-corrected chi connectivity index (χ4v) is 6.44. The molecule has 38 heavy (non-hydrogen) atoms. The molecule has 198 valence electrons. The van der Waals surface area contributed by atoms with Crippen LogP contribution in [0.4, 0.5) is 5.69 Å². The summed E-state index contributed by atoms with van der Waals surface area (Å²) in [5.74, 6) is -0.617. The van der Waals surface area contributed by atoms with Gasteiger partial charge < -0.3 is 14.5 Å². The van der Waals surface area contributed by atoms with Crippen LogP contribution in [0.3, 0.4) is 0 Å². The lowest BCUT2D eigenvalue weighted by molar-refractivity contribution is -0.384. The van der Waals surface area contributed by atoms with Gasteiger partial charge in [0.1, 0.15) is 6.54 Å². The van der Waals surface area contributed by atoms with Gasteiger partial charge in [-0.25, -0.2) is 0 Å². The van der Waals surface area contributed by atoms with E-state index in [9.17, 15) is 19.7 Å². The molecule has 0 saturated carbocycles. The first-order valence-corrected chi connectivity index (χ1v) is 13.9. The summed E-state index contributed by atoms with van der Waals surface area (Å²) in [4.78, 5) is 42.8. The second-order valence-corrected chi connectivity index (χ2v) is 11.0. The summed E-state index contributed by atoms with van der Waals surface area (Å²) in [7, 11) is 0. The van der Waals surface area contributed by atoms with Crippen LogP contribution in [0.1, 0.15) is 50.8 Å². The van der Waals surface area contributed by atoms with Crippen molar-refractivity contribution in [2.24, 2.45) is 0 Å². The zero-order valence-electron chi connectivity index (χ0n) is 21.0. The fourth-order valence-electron chi connectivity index (χ4n) is 5.28. The Morgan fingerprint density at radius 3 is 2.74 bits per heavy atom. The van der Waals surface area contributed by atoms with E-state index in [-0.39, 0.29) is 47.4 Å². The van der Waals surface area contributed by atoms with Gasteiger partial charge in [0.25, 0.3) is 11.6 Å². The number of carbonyl (C=O) groups excluding carboxylic acids is 2. The van der Waals surface area contributed by atoms with E-state index < -0.39 is 10.8 Å². The molecule has 0 spiro atoms. The predicted molar refractivity (Wildman–Crippen MR) is 146 cm³/mol. The number of hydrogen-bond donors (Lipinski definition) is 0. The van der Waals surface area contributed by atoms with Gasteiger partial charge in [-0.05, 0) is 60.4 Å². The summed E-state index contributed by atoms with van der Waals surface area (Å²) in [5.41, 5.74) is 3.21. The lowest BCUT2D eigenvalue weighted by atomic mass is 9.90. The maximum atomic E-state index is 13.9. The van der Waals surface area contributed by atoms with Crippen LogP contribution < -0.4 is 0 Å². The number of thiophene rings is 1. The zero-order chi connectivity index (χ0) is 26.8. The first-order valence-electron chi connectivity index (χ1n) is 12.6. The summed E-state index contributed by atoms with van der Waals surface area (Å²) < 4.78 is 5.78. The number of fused-ring (bicyclic) bond motifs is 1. The van der Waals surface area contributed by atoms with Gasteiger partial charge in [0, 0.05) is 36.7 Å². The van der Waals surface area contributed by atoms with Gasteiger partial charge in [-0.2, -0.15) is 0 Å². The van der Waals surface area contributed by atoms with Gasteiger partial charge in [0.05, 0.1) is 27.7 Å². The number of nitro benzene ring substituents is 1. The van der Waals surface area contributed by atoms with E-state index >= 15 is 0 Å². The quantitative estimate of drug-likeness (QED) is 0.288. The highest BCUT2D eigenvalue weighted by molar-refractivity contribution is 7.10. The second-order valence-electron chi connectivity index (χ2n) is 9.64. The van der Waals surface area contributed by atoms with Crippen molar-refractivity contribution in [3.8, 4) is 0 Å². The minimum Gasteiger partial charge on any atom is -0.376 e. The van der Waals surface area contributed by atoms with E-state index in [4.69, 9.17) is 16.3 Å². The van der Waals surface area contributed by atoms with Gasteiger partial charge in [-0.3, -0.25) is 19.7 Å². The van der Waals surface area contributed by atoms with Crippen molar-refractivity contribution in [1.82, 2.24) is 9.80 Å². The van der Waals surface area contributed by atoms with E-state index in [1.54, 1.807) is 11.3 Å². The molecule has 1 fully saturated rings. The number of rotatable bonds is 7. The molecule has 0 aliphatic carbocycles. The van der Waals surface area contributed by atoms with Crippen molar-refractivity contribution in [3.63, 3.8) is 0 Å². The molecule has 0 N–H and O–H groups in total. The Bertz CT molecular complexity index is 1370. The Kier molecular flexibility index (Phi) is 7.78. The van der Waals surface area contributed by atoms with Crippen LogP contribution in [-0.4, -0.2) is 58.9 Å². The van der Waals surface area contributed by atoms with Crippen LogP contribution in [0.15, 0.2) is 53.9 Å². The van der Waals surface area contributed by atoms with Crippen LogP contribution in [0.25, 0.3) is 0 Å². The largest absolute Gasteiger partial charge is 0.376 e. The molecule has 3 aromatic rings. The molecular formula is C28H28ClN3O5S. The Morgan fingerprint density at radius 2 is 2.03 bits per heavy atom. The first kappa shape index (κ1) is 26.3. The lowest BCUT2D eigenvalue weighted by Gasteiger charge is -2.38. The SMILES string of the molecule is Cc1ccccc1C1c2ccsc2CCN1C(=O)CN(CC1CCCO1)C(=O)c1ccc([N+](=O)[O-])cc1Cl.